The van der Waals surface area contributed by atoms with E-state index in [0.717, 1.165) is 4.88 Å². The fraction of sp³-hybridized carbons (Fsp3) is 0.214. The van der Waals surface area contributed by atoms with Gasteiger partial charge in [-0.2, -0.15) is 5.10 Å². The summed E-state index contributed by atoms with van der Waals surface area (Å²) in [7, 11) is 0. The zero-order valence-corrected chi connectivity index (χ0v) is 11.9. The van der Waals surface area contributed by atoms with Gasteiger partial charge in [0.2, 0.25) is 0 Å². The van der Waals surface area contributed by atoms with Crippen molar-refractivity contribution in [3.63, 3.8) is 0 Å². The molecular weight excluding hydrogens is 274 g/mol. The van der Waals surface area contributed by atoms with Crippen molar-refractivity contribution in [2.45, 2.75) is 19.9 Å². The summed E-state index contributed by atoms with van der Waals surface area (Å²) in [6.45, 7) is 3.98. The van der Waals surface area contributed by atoms with Crippen LogP contribution in [-0.4, -0.2) is 25.8 Å². The molecule has 0 saturated carbocycles. The van der Waals surface area contributed by atoms with Crippen molar-refractivity contribution in [2.75, 3.05) is 0 Å². The molecule has 0 amide bonds. The van der Waals surface area contributed by atoms with E-state index in [2.05, 4.69) is 10.1 Å². The van der Waals surface area contributed by atoms with Crippen molar-refractivity contribution in [3.8, 4) is 10.6 Å². The first kappa shape index (κ1) is 12.8. The molecule has 102 valence electrons. The summed E-state index contributed by atoms with van der Waals surface area (Å²) in [5.41, 5.74) is 1.53. The maximum Gasteiger partial charge on any atom is 0.336 e. The van der Waals surface area contributed by atoms with Crippen LogP contribution in [0, 0.1) is 0 Å². The first-order valence-corrected chi connectivity index (χ1v) is 7.11. The molecule has 0 spiro atoms. The molecule has 3 aromatic heterocycles. The molecule has 0 bridgehead atoms. The number of fused-ring (bicyclic) bond motifs is 1. The van der Waals surface area contributed by atoms with E-state index in [0.29, 0.717) is 16.7 Å². The van der Waals surface area contributed by atoms with Crippen molar-refractivity contribution < 1.29 is 9.90 Å². The van der Waals surface area contributed by atoms with Crippen LogP contribution in [0.4, 0.5) is 0 Å². The van der Waals surface area contributed by atoms with E-state index < -0.39 is 5.97 Å². The number of carbonyl (C=O) groups is 1. The number of rotatable bonds is 3. The Kier molecular flexibility index (Phi) is 3.02. The van der Waals surface area contributed by atoms with Crippen LogP contribution in [0.3, 0.4) is 0 Å². The van der Waals surface area contributed by atoms with Gasteiger partial charge in [-0.25, -0.2) is 14.5 Å². The lowest BCUT2D eigenvalue weighted by Crippen LogP contribution is -2.05. The van der Waals surface area contributed by atoms with Gasteiger partial charge in [0.15, 0.2) is 5.65 Å². The Morgan fingerprint density at radius 2 is 2.25 bits per heavy atom. The van der Waals surface area contributed by atoms with E-state index in [4.69, 9.17) is 0 Å². The Labute approximate surface area is 119 Å². The number of hydrogen-bond acceptors (Lipinski definition) is 4. The second-order valence-electron chi connectivity index (χ2n) is 4.76. The molecule has 0 atom stereocenters. The Morgan fingerprint density at radius 3 is 2.85 bits per heavy atom. The third kappa shape index (κ3) is 1.98. The minimum atomic E-state index is -0.960. The number of carboxylic acids is 1. The predicted octanol–water partition coefficient (Wildman–Crippen LogP) is 3.44. The fourth-order valence-electron chi connectivity index (χ4n) is 2.12. The molecule has 20 heavy (non-hydrogen) atoms. The van der Waals surface area contributed by atoms with E-state index in [1.165, 1.54) is 11.3 Å². The summed E-state index contributed by atoms with van der Waals surface area (Å²) < 4.78 is 1.75. The summed E-state index contributed by atoms with van der Waals surface area (Å²) in [6.07, 6.45) is 1.57. The van der Waals surface area contributed by atoms with Gasteiger partial charge in [0, 0.05) is 6.04 Å². The maximum absolute atomic E-state index is 11.5. The summed E-state index contributed by atoms with van der Waals surface area (Å²) in [5, 5.41) is 16.2. The molecular formula is C14H13N3O2S. The van der Waals surface area contributed by atoms with E-state index in [1.54, 1.807) is 16.9 Å². The number of aromatic carboxylic acids is 1. The molecule has 3 rings (SSSR count). The first-order chi connectivity index (χ1) is 9.58. The van der Waals surface area contributed by atoms with E-state index in [9.17, 15) is 9.90 Å². The van der Waals surface area contributed by atoms with Gasteiger partial charge in [0.1, 0.15) is 0 Å². The second-order valence-corrected chi connectivity index (χ2v) is 5.71. The number of hydrogen-bond donors (Lipinski definition) is 1. The number of carboxylic acid groups (broad SMARTS) is 1. The number of nitrogens with zero attached hydrogens (tertiary/aromatic N) is 3. The quantitative estimate of drug-likeness (QED) is 0.801. The summed E-state index contributed by atoms with van der Waals surface area (Å²) >= 11 is 1.54. The highest BCUT2D eigenvalue weighted by Crippen LogP contribution is 2.28. The van der Waals surface area contributed by atoms with Gasteiger partial charge in [0.05, 0.1) is 27.7 Å². The number of aromatic nitrogens is 3. The molecule has 6 heteroatoms. The van der Waals surface area contributed by atoms with E-state index in [1.807, 2.05) is 31.4 Å². The third-order valence-corrected chi connectivity index (χ3v) is 3.95. The van der Waals surface area contributed by atoms with Crippen LogP contribution < -0.4 is 0 Å². The smallest absolute Gasteiger partial charge is 0.336 e. The lowest BCUT2D eigenvalue weighted by molar-refractivity contribution is 0.0699. The van der Waals surface area contributed by atoms with Gasteiger partial charge in [-0.1, -0.05) is 6.07 Å². The van der Waals surface area contributed by atoms with Crippen LogP contribution in [0.1, 0.15) is 30.2 Å². The van der Waals surface area contributed by atoms with Gasteiger partial charge in [0.25, 0.3) is 0 Å². The van der Waals surface area contributed by atoms with Crippen molar-refractivity contribution in [2.24, 2.45) is 0 Å². The Morgan fingerprint density at radius 1 is 1.45 bits per heavy atom. The molecule has 0 fully saturated rings. The second kappa shape index (κ2) is 4.72. The molecule has 0 saturated heterocycles. The Bertz CT molecular complexity index is 775. The SMILES string of the molecule is CC(C)n1ncc2c(C(=O)O)cc(-c3cccs3)nc21. The molecule has 0 unspecified atom stereocenters. The molecule has 5 nitrogen and oxygen atoms in total. The first-order valence-electron chi connectivity index (χ1n) is 6.23. The van der Waals surface area contributed by atoms with Crippen molar-refractivity contribution in [3.05, 3.63) is 35.3 Å². The van der Waals surface area contributed by atoms with Crippen LogP contribution in [0.15, 0.2) is 29.8 Å². The molecule has 3 heterocycles. The molecule has 0 aliphatic heterocycles. The molecule has 0 aliphatic rings. The zero-order chi connectivity index (χ0) is 14.3. The van der Waals surface area contributed by atoms with Gasteiger partial charge < -0.3 is 5.11 Å². The van der Waals surface area contributed by atoms with Crippen LogP contribution in [-0.2, 0) is 0 Å². The van der Waals surface area contributed by atoms with E-state index >= 15 is 0 Å². The number of pyridine rings is 1. The standard InChI is InChI=1S/C14H13N3O2S/c1-8(2)17-13-10(7-15-17)9(14(18)19)6-11(16-13)12-4-3-5-20-12/h3-8H,1-2H3,(H,18,19). The Balaban J connectivity index is 2.33. The summed E-state index contributed by atoms with van der Waals surface area (Å²) in [6, 6.07) is 5.59. The zero-order valence-electron chi connectivity index (χ0n) is 11.1. The monoisotopic (exact) mass is 287 g/mol. The lowest BCUT2D eigenvalue weighted by Gasteiger charge is -2.08. The minimum Gasteiger partial charge on any atom is -0.478 e. The van der Waals surface area contributed by atoms with Crippen LogP contribution in [0.2, 0.25) is 0 Å². The number of thiophene rings is 1. The summed E-state index contributed by atoms with van der Waals surface area (Å²) in [5.74, 6) is -0.960. The van der Waals surface area contributed by atoms with Gasteiger partial charge in [-0.3, -0.25) is 0 Å². The van der Waals surface area contributed by atoms with Gasteiger partial charge >= 0.3 is 5.97 Å². The minimum absolute atomic E-state index is 0.125. The fourth-order valence-corrected chi connectivity index (χ4v) is 2.81. The van der Waals surface area contributed by atoms with Crippen LogP contribution >= 0.6 is 11.3 Å². The van der Waals surface area contributed by atoms with Gasteiger partial charge in [-0.05, 0) is 31.4 Å². The van der Waals surface area contributed by atoms with Crippen molar-refractivity contribution in [1.29, 1.82) is 0 Å². The molecule has 1 N–H and O–H groups in total. The van der Waals surface area contributed by atoms with Crippen molar-refractivity contribution in [1.82, 2.24) is 14.8 Å². The highest BCUT2D eigenvalue weighted by Gasteiger charge is 2.17. The molecule has 0 aromatic carbocycles. The average molecular weight is 287 g/mol. The summed E-state index contributed by atoms with van der Waals surface area (Å²) in [4.78, 5) is 17.0. The normalized spacial score (nSPS) is 11.3. The molecule has 0 radical (unpaired) electrons. The predicted molar refractivity (Wildman–Crippen MR) is 78.2 cm³/mol. The third-order valence-electron chi connectivity index (χ3n) is 3.06. The topological polar surface area (TPSA) is 68.0 Å². The largest absolute Gasteiger partial charge is 0.478 e. The highest BCUT2D eigenvalue weighted by atomic mass is 32.1. The Hall–Kier alpha value is -2.21. The van der Waals surface area contributed by atoms with Gasteiger partial charge in [-0.15, -0.1) is 11.3 Å². The van der Waals surface area contributed by atoms with Crippen molar-refractivity contribution >= 4 is 28.3 Å². The van der Waals surface area contributed by atoms with Crippen LogP contribution in [0.25, 0.3) is 21.6 Å². The lowest BCUT2D eigenvalue weighted by atomic mass is 10.1. The average Bonchev–Trinajstić information content (AvgIpc) is 3.06. The molecule has 0 aliphatic carbocycles. The van der Waals surface area contributed by atoms with E-state index in [-0.39, 0.29) is 11.6 Å². The molecule has 3 aromatic rings. The highest BCUT2D eigenvalue weighted by molar-refractivity contribution is 7.13. The van der Waals surface area contributed by atoms with Crippen LogP contribution in [0.5, 0.6) is 0 Å². The maximum atomic E-state index is 11.5.